The molecule has 3 rings (SSSR count). The van der Waals surface area contributed by atoms with E-state index in [0.717, 1.165) is 11.3 Å². The number of carbonyl (C=O) groups is 2. The Kier molecular flexibility index (Phi) is 6.27. The van der Waals surface area contributed by atoms with Gasteiger partial charge in [-0.25, -0.2) is 0 Å². The van der Waals surface area contributed by atoms with E-state index in [1.54, 1.807) is 36.4 Å². The highest BCUT2D eigenvalue weighted by Gasteiger charge is 2.24. The quantitative estimate of drug-likeness (QED) is 0.666. The Balaban J connectivity index is 1.75. The van der Waals surface area contributed by atoms with Crippen LogP contribution in [0.25, 0.3) is 0 Å². The van der Waals surface area contributed by atoms with E-state index in [1.807, 2.05) is 61.5 Å². The lowest BCUT2D eigenvalue weighted by Gasteiger charge is -2.26. The standard InChI is InChI=1S/C23H24N2O3/c1-17(21-14-9-15-28-21)25(2)22(26)16-20(18-10-5-3-6-11-18)24-23(27)19-12-7-4-8-13-19/h3-15,17,20H,16H2,1-2H3,(H,24,27). The SMILES string of the molecule is CC(c1ccco1)N(C)C(=O)CC(NC(=O)c1ccccc1)c1ccccc1. The largest absolute Gasteiger partial charge is 0.467 e. The van der Waals surface area contributed by atoms with Crippen molar-refractivity contribution in [2.45, 2.75) is 25.4 Å². The number of hydrogen-bond acceptors (Lipinski definition) is 3. The van der Waals surface area contributed by atoms with Crippen molar-refractivity contribution >= 4 is 11.8 Å². The Bertz CT molecular complexity index is 892. The van der Waals surface area contributed by atoms with Crippen LogP contribution < -0.4 is 5.32 Å². The molecular weight excluding hydrogens is 352 g/mol. The van der Waals surface area contributed by atoms with Crippen molar-refractivity contribution in [2.75, 3.05) is 7.05 Å². The average Bonchev–Trinajstić information content (AvgIpc) is 3.28. The van der Waals surface area contributed by atoms with Gasteiger partial charge in [-0.2, -0.15) is 0 Å². The third-order valence-electron chi connectivity index (χ3n) is 4.85. The molecule has 2 unspecified atom stereocenters. The summed E-state index contributed by atoms with van der Waals surface area (Å²) in [5, 5.41) is 3.00. The monoisotopic (exact) mass is 376 g/mol. The minimum absolute atomic E-state index is 0.0777. The van der Waals surface area contributed by atoms with Gasteiger partial charge in [0.2, 0.25) is 5.91 Å². The molecule has 1 heterocycles. The molecule has 5 heteroatoms. The van der Waals surface area contributed by atoms with Crippen LogP contribution in [0, 0.1) is 0 Å². The number of nitrogens with one attached hydrogen (secondary N) is 1. The van der Waals surface area contributed by atoms with Crippen molar-refractivity contribution < 1.29 is 14.0 Å². The maximum Gasteiger partial charge on any atom is 0.251 e. The number of hydrogen-bond donors (Lipinski definition) is 1. The van der Waals surface area contributed by atoms with Crippen molar-refractivity contribution in [3.63, 3.8) is 0 Å². The zero-order valence-corrected chi connectivity index (χ0v) is 16.0. The van der Waals surface area contributed by atoms with E-state index in [0.29, 0.717) is 5.56 Å². The number of nitrogens with zero attached hydrogens (tertiary/aromatic N) is 1. The van der Waals surface area contributed by atoms with Crippen LogP contribution in [-0.2, 0) is 4.79 Å². The third kappa shape index (κ3) is 4.68. The molecular formula is C23H24N2O3. The summed E-state index contributed by atoms with van der Waals surface area (Å²) < 4.78 is 5.41. The molecule has 0 radical (unpaired) electrons. The van der Waals surface area contributed by atoms with Crippen LogP contribution in [0.15, 0.2) is 83.5 Å². The molecule has 0 spiro atoms. The topological polar surface area (TPSA) is 62.6 Å². The van der Waals surface area contributed by atoms with Gasteiger partial charge in [-0.3, -0.25) is 9.59 Å². The second-order valence-electron chi connectivity index (χ2n) is 6.70. The number of carbonyl (C=O) groups excluding carboxylic acids is 2. The van der Waals surface area contributed by atoms with E-state index in [4.69, 9.17) is 4.42 Å². The Hall–Kier alpha value is -3.34. The van der Waals surface area contributed by atoms with Crippen LogP contribution in [0.1, 0.15) is 47.1 Å². The average molecular weight is 376 g/mol. The minimum Gasteiger partial charge on any atom is -0.467 e. The van der Waals surface area contributed by atoms with Gasteiger partial charge in [0, 0.05) is 12.6 Å². The fraction of sp³-hybridized carbons (Fsp3) is 0.217. The molecule has 0 aliphatic rings. The van der Waals surface area contributed by atoms with Crippen LogP contribution in [0.5, 0.6) is 0 Å². The Morgan fingerprint density at radius 2 is 1.61 bits per heavy atom. The summed E-state index contributed by atoms with van der Waals surface area (Å²) in [5.74, 6) is 0.440. The van der Waals surface area contributed by atoms with Crippen LogP contribution in [0.4, 0.5) is 0 Å². The van der Waals surface area contributed by atoms with Crippen LogP contribution >= 0.6 is 0 Å². The van der Waals surface area contributed by atoms with E-state index in [1.165, 1.54) is 0 Å². The molecule has 28 heavy (non-hydrogen) atoms. The molecule has 0 saturated heterocycles. The molecule has 2 aromatic carbocycles. The first-order chi connectivity index (χ1) is 13.6. The summed E-state index contributed by atoms with van der Waals surface area (Å²) in [6.45, 7) is 1.91. The first kappa shape index (κ1) is 19.4. The van der Waals surface area contributed by atoms with Gasteiger partial charge in [-0.05, 0) is 36.8 Å². The summed E-state index contributed by atoms with van der Waals surface area (Å²) in [7, 11) is 1.75. The van der Waals surface area contributed by atoms with Gasteiger partial charge in [0.05, 0.1) is 24.8 Å². The Labute approximate surface area is 165 Å². The van der Waals surface area contributed by atoms with Crippen molar-refractivity contribution in [1.82, 2.24) is 10.2 Å². The van der Waals surface area contributed by atoms with E-state index in [-0.39, 0.29) is 24.3 Å². The smallest absolute Gasteiger partial charge is 0.251 e. The van der Waals surface area contributed by atoms with Gasteiger partial charge >= 0.3 is 0 Å². The first-order valence-corrected chi connectivity index (χ1v) is 9.26. The Morgan fingerprint density at radius 1 is 0.964 bits per heavy atom. The normalized spacial score (nSPS) is 12.8. The predicted molar refractivity (Wildman–Crippen MR) is 108 cm³/mol. The third-order valence-corrected chi connectivity index (χ3v) is 4.85. The van der Waals surface area contributed by atoms with Crippen LogP contribution in [0.3, 0.4) is 0 Å². The van der Waals surface area contributed by atoms with Gasteiger partial charge in [0.25, 0.3) is 5.91 Å². The maximum atomic E-state index is 12.9. The van der Waals surface area contributed by atoms with Gasteiger partial charge in [0.15, 0.2) is 0 Å². The molecule has 1 aromatic heterocycles. The first-order valence-electron chi connectivity index (χ1n) is 9.26. The summed E-state index contributed by atoms with van der Waals surface area (Å²) >= 11 is 0. The van der Waals surface area contributed by atoms with Crippen molar-refractivity contribution in [1.29, 1.82) is 0 Å². The highest BCUT2D eigenvalue weighted by Crippen LogP contribution is 2.23. The highest BCUT2D eigenvalue weighted by atomic mass is 16.3. The van der Waals surface area contributed by atoms with E-state index in [2.05, 4.69) is 5.32 Å². The van der Waals surface area contributed by atoms with Gasteiger partial charge in [-0.1, -0.05) is 48.5 Å². The number of benzene rings is 2. The maximum absolute atomic E-state index is 12.9. The summed E-state index contributed by atoms with van der Waals surface area (Å²) in [6, 6.07) is 21.6. The molecule has 144 valence electrons. The van der Waals surface area contributed by atoms with Crippen molar-refractivity contribution in [3.05, 3.63) is 95.9 Å². The molecule has 2 atom stereocenters. The van der Waals surface area contributed by atoms with E-state index in [9.17, 15) is 9.59 Å². The fourth-order valence-corrected chi connectivity index (χ4v) is 3.02. The van der Waals surface area contributed by atoms with Crippen LogP contribution in [-0.4, -0.2) is 23.8 Å². The molecule has 0 bridgehead atoms. The molecule has 0 aliphatic heterocycles. The lowest BCUT2D eigenvalue weighted by atomic mass is 10.0. The molecule has 0 fully saturated rings. The molecule has 0 aliphatic carbocycles. The zero-order valence-electron chi connectivity index (χ0n) is 16.0. The summed E-state index contributed by atoms with van der Waals surface area (Å²) in [5.41, 5.74) is 1.45. The van der Waals surface area contributed by atoms with E-state index >= 15 is 0 Å². The summed E-state index contributed by atoms with van der Waals surface area (Å²) in [4.78, 5) is 27.2. The Morgan fingerprint density at radius 3 is 2.21 bits per heavy atom. The van der Waals surface area contributed by atoms with Gasteiger partial charge in [0.1, 0.15) is 5.76 Å². The number of rotatable bonds is 7. The minimum atomic E-state index is -0.423. The molecule has 0 saturated carbocycles. The molecule has 1 N–H and O–H groups in total. The van der Waals surface area contributed by atoms with E-state index < -0.39 is 6.04 Å². The molecule has 2 amide bonds. The summed E-state index contributed by atoms with van der Waals surface area (Å²) in [6.07, 6.45) is 1.75. The molecule has 3 aromatic rings. The zero-order chi connectivity index (χ0) is 19.9. The second kappa shape index (κ2) is 9.04. The lowest BCUT2D eigenvalue weighted by Crippen LogP contribution is -2.35. The number of furan rings is 1. The second-order valence-corrected chi connectivity index (χ2v) is 6.70. The van der Waals surface area contributed by atoms with Crippen molar-refractivity contribution in [2.24, 2.45) is 0 Å². The highest BCUT2D eigenvalue weighted by molar-refractivity contribution is 5.94. The van der Waals surface area contributed by atoms with Crippen LogP contribution in [0.2, 0.25) is 0 Å². The van der Waals surface area contributed by atoms with Gasteiger partial charge < -0.3 is 14.6 Å². The molecule has 5 nitrogen and oxygen atoms in total. The predicted octanol–water partition coefficient (Wildman–Crippen LogP) is 4.36. The number of amides is 2. The van der Waals surface area contributed by atoms with Gasteiger partial charge in [-0.15, -0.1) is 0 Å². The lowest BCUT2D eigenvalue weighted by molar-refractivity contribution is -0.132. The van der Waals surface area contributed by atoms with Crippen molar-refractivity contribution in [3.8, 4) is 0 Å². The fourth-order valence-electron chi connectivity index (χ4n) is 3.02.